The number of ether oxygens (including phenoxy) is 3. The predicted octanol–water partition coefficient (Wildman–Crippen LogP) is 3.00. The first-order valence-electron chi connectivity index (χ1n) is 9.35. The van der Waals surface area contributed by atoms with Gasteiger partial charge < -0.3 is 24.8 Å². The number of anilines is 1. The van der Waals surface area contributed by atoms with Crippen LogP contribution in [-0.2, 0) is 25.6 Å². The van der Waals surface area contributed by atoms with Gasteiger partial charge in [0.25, 0.3) is 0 Å². The topological polar surface area (TPSA) is 68.8 Å². The first-order valence-corrected chi connectivity index (χ1v) is 9.35. The van der Waals surface area contributed by atoms with E-state index in [4.69, 9.17) is 14.2 Å². The van der Waals surface area contributed by atoms with Crippen LogP contribution in [0.4, 0.5) is 5.69 Å². The molecule has 7 heteroatoms. The maximum Gasteiger partial charge on any atom is 0.233 e. The summed E-state index contributed by atoms with van der Waals surface area (Å²) >= 11 is 0. The highest BCUT2D eigenvalue weighted by Gasteiger charge is 2.39. The molecule has 0 unspecified atom stereocenters. The molecule has 0 spiro atoms. The lowest BCUT2D eigenvalue weighted by atomic mass is 9.78. The molecule has 6 nitrogen and oxygen atoms in total. The summed E-state index contributed by atoms with van der Waals surface area (Å²) in [5.74, 6) is 0.0317. The average Bonchev–Trinajstić information content (AvgIpc) is 2.62. The Morgan fingerprint density at radius 2 is 2.00 bits per heavy atom. The molecule has 0 aliphatic carbocycles. The highest BCUT2D eigenvalue weighted by Crippen LogP contribution is 2.31. The zero-order valence-corrected chi connectivity index (χ0v) is 17.4. The van der Waals surface area contributed by atoms with Gasteiger partial charge >= 0.3 is 0 Å². The highest BCUT2D eigenvalue weighted by atomic mass is 35.5. The fourth-order valence-corrected chi connectivity index (χ4v) is 3.15. The molecule has 1 amide bonds. The van der Waals surface area contributed by atoms with Crippen molar-refractivity contribution < 1.29 is 19.0 Å². The van der Waals surface area contributed by atoms with Gasteiger partial charge in [0.2, 0.25) is 5.91 Å². The summed E-state index contributed by atoms with van der Waals surface area (Å²) in [6.07, 6.45) is 1.78. The third-order valence-electron chi connectivity index (χ3n) is 4.60. The molecular weight excluding hydrogens is 368 g/mol. The van der Waals surface area contributed by atoms with Crippen LogP contribution < -0.4 is 10.6 Å². The Balaban J connectivity index is 0.00000364. The van der Waals surface area contributed by atoms with Gasteiger partial charge in [0, 0.05) is 12.8 Å². The standard InChI is InChI=1S/C20H32N2O4.ClH/c1-16(2)26-12-11-25-14-17-5-4-6-18(13-17)22-19(23)20(15-24-3)7-9-21-10-8-20;/h4-6,13,16,21H,7-12,14-15H2,1-3H3,(H,22,23);1H. The van der Waals surface area contributed by atoms with E-state index in [2.05, 4.69) is 10.6 Å². The molecule has 0 saturated carbocycles. The lowest BCUT2D eigenvalue weighted by molar-refractivity contribution is -0.130. The first kappa shape index (κ1) is 23.9. The Labute approximate surface area is 168 Å². The Morgan fingerprint density at radius 1 is 1.26 bits per heavy atom. The fourth-order valence-electron chi connectivity index (χ4n) is 3.15. The Morgan fingerprint density at radius 3 is 2.67 bits per heavy atom. The number of piperidine rings is 1. The Kier molecular flexibility index (Phi) is 10.9. The van der Waals surface area contributed by atoms with Gasteiger partial charge in [0.15, 0.2) is 0 Å². The van der Waals surface area contributed by atoms with Gasteiger partial charge in [-0.05, 0) is 57.5 Å². The van der Waals surface area contributed by atoms with E-state index in [1.165, 1.54) is 0 Å². The first-order chi connectivity index (χ1) is 12.6. The Bertz CT molecular complexity index is 557. The predicted molar refractivity (Wildman–Crippen MR) is 109 cm³/mol. The van der Waals surface area contributed by atoms with Crippen LogP contribution in [0.3, 0.4) is 0 Å². The maximum atomic E-state index is 12.9. The minimum Gasteiger partial charge on any atom is -0.384 e. The van der Waals surface area contributed by atoms with Crippen LogP contribution in [0.25, 0.3) is 0 Å². The zero-order chi connectivity index (χ0) is 18.8. The van der Waals surface area contributed by atoms with Gasteiger partial charge in [0.05, 0.1) is 37.9 Å². The number of carbonyl (C=O) groups excluding carboxylic acids is 1. The summed E-state index contributed by atoms with van der Waals surface area (Å²) < 4.78 is 16.4. The monoisotopic (exact) mass is 400 g/mol. The summed E-state index contributed by atoms with van der Waals surface area (Å²) in [6, 6.07) is 7.80. The molecule has 2 rings (SSSR count). The SMILES string of the molecule is COCC1(C(=O)Nc2cccc(COCCOC(C)C)c2)CCNCC1.Cl. The van der Waals surface area contributed by atoms with Crippen LogP contribution in [0, 0.1) is 5.41 Å². The van der Waals surface area contributed by atoms with E-state index < -0.39 is 5.41 Å². The van der Waals surface area contributed by atoms with E-state index in [-0.39, 0.29) is 24.4 Å². The van der Waals surface area contributed by atoms with Crippen molar-refractivity contribution in [2.75, 3.05) is 45.3 Å². The molecule has 0 aromatic heterocycles. The third kappa shape index (κ3) is 7.76. The van der Waals surface area contributed by atoms with E-state index >= 15 is 0 Å². The summed E-state index contributed by atoms with van der Waals surface area (Å²) in [6.45, 7) is 7.76. The van der Waals surface area contributed by atoms with Crippen molar-refractivity contribution in [2.24, 2.45) is 5.41 Å². The van der Waals surface area contributed by atoms with Crippen LogP contribution in [-0.4, -0.2) is 52.0 Å². The van der Waals surface area contributed by atoms with Gasteiger partial charge in [0.1, 0.15) is 0 Å². The number of methoxy groups -OCH3 is 1. The van der Waals surface area contributed by atoms with Crippen LogP contribution in [0.5, 0.6) is 0 Å². The molecule has 1 aromatic carbocycles. The smallest absolute Gasteiger partial charge is 0.233 e. The van der Waals surface area contributed by atoms with Gasteiger partial charge in [-0.1, -0.05) is 12.1 Å². The molecule has 0 radical (unpaired) electrons. The van der Waals surface area contributed by atoms with Gasteiger partial charge in [-0.25, -0.2) is 0 Å². The van der Waals surface area contributed by atoms with Gasteiger partial charge in [-0.3, -0.25) is 4.79 Å². The minimum absolute atomic E-state index is 0. The van der Waals surface area contributed by atoms with E-state index in [0.29, 0.717) is 26.4 Å². The number of benzene rings is 1. The molecule has 1 aromatic rings. The number of hydrogen-bond donors (Lipinski definition) is 2. The summed E-state index contributed by atoms with van der Waals surface area (Å²) in [5.41, 5.74) is 1.36. The zero-order valence-electron chi connectivity index (χ0n) is 16.6. The van der Waals surface area contributed by atoms with E-state index in [1.54, 1.807) is 7.11 Å². The molecule has 0 atom stereocenters. The molecule has 1 saturated heterocycles. The summed E-state index contributed by atoms with van der Waals surface area (Å²) in [5, 5.41) is 6.37. The van der Waals surface area contributed by atoms with Crippen molar-refractivity contribution in [3.8, 4) is 0 Å². The number of carbonyl (C=O) groups is 1. The number of amides is 1. The number of rotatable bonds is 10. The summed E-state index contributed by atoms with van der Waals surface area (Å²) in [4.78, 5) is 12.9. The van der Waals surface area contributed by atoms with Crippen LogP contribution in [0.2, 0.25) is 0 Å². The average molecular weight is 401 g/mol. The fraction of sp³-hybridized carbons (Fsp3) is 0.650. The van der Waals surface area contributed by atoms with Crippen molar-refractivity contribution in [1.82, 2.24) is 5.32 Å². The minimum atomic E-state index is -0.458. The molecule has 154 valence electrons. The molecule has 1 aliphatic rings. The second kappa shape index (κ2) is 12.3. The van der Waals surface area contributed by atoms with Crippen LogP contribution in [0.15, 0.2) is 24.3 Å². The normalized spacial score (nSPS) is 16.0. The second-order valence-electron chi connectivity index (χ2n) is 7.09. The highest BCUT2D eigenvalue weighted by molar-refractivity contribution is 5.95. The maximum absolute atomic E-state index is 12.9. The second-order valence-corrected chi connectivity index (χ2v) is 7.09. The molecule has 0 bridgehead atoms. The van der Waals surface area contributed by atoms with E-state index in [1.807, 2.05) is 38.1 Å². The molecular formula is C20H33ClN2O4. The van der Waals surface area contributed by atoms with Gasteiger partial charge in [-0.15, -0.1) is 12.4 Å². The molecule has 1 aliphatic heterocycles. The van der Waals surface area contributed by atoms with Crippen molar-refractivity contribution in [3.05, 3.63) is 29.8 Å². The number of nitrogens with one attached hydrogen (secondary N) is 2. The van der Waals surface area contributed by atoms with Crippen molar-refractivity contribution in [1.29, 1.82) is 0 Å². The van der Waals surface area contributed by atoms with Gasteiger partial charge in [-0.2, -0.15) is 0 Å². The Hall–Kier alpha value is -1.18. The molecule has 1 fully saturated rings. The largest absolute Gasteiger partial charge is 0.384 e. The lowest BCUT2D eigenvalue weighted by Crippen LogP contribution is -2.47. The third-order valence-corrected chi connectivity index (χ3v) is 4.60. The van der Waals surface area contributed by atoms with Crippen LogP contribution in [0.1, 0.15) is 32.3 Å². The molecule has 2 N–H and O–H groups in total. The van der Waals surface area contributed by atoms with Crippen molar-refractivity contribution in [3.63, 3.8) is 0 Å². The number of hydrogen-bond acceptors (Lipinski definition) is 5. The molecule has 27 heavy (non-hydrogen) atoms. The van der Waals surface area contributed by atoms with Crippen molar-refractivity contribution >= 4 is 24.0 Å². The van der Waals surface area contributed by atoms with E-state index in [9.17, 15) is 4.79 Å². The number of halogens is 1. The summed E-state index contributed by atoms with van der Waals surface area (Å²) in [7, 11) is 1.65. The van der Waals surface area contributed by atoms with E-state index in [0.717, 1.165) is 37.2 Å². The van der Waals surface area contributed by atoms with Crippen LogP contribution >= 0.6 is 12.4 Å². The molecule has 1 heterocycles. The quantitative estimate of drug-likeness (QED) is 0.591. The van der Waals surface area contributed by atoms with Crippen molar-refractivity contribution in [2.45, 2.75) is 39.4 Å². The lowest BCUT2D eigenvalue weighted by Gasteiger charge is -2.35.